The number of aryl methyl sites for hydroxylation is 2. The van der Waals surface area contributed by atoms with Gasteiger partial charge in [-0.05, 0) is 107 Å². The first-order valence-corrected chi connectivity index (χ1v) is 36.6. The van der Waals surface area contributed by atoms with Gasteiger partial charge < -0.3 is 69.5 Å². The van der Waals surface area contributed by atoms with E-state index < -0.39 is 205 Å². The maximum atomic E-state index is 15.7. The van der Waals surface area contributed by atoms with E-state index in [0.717, 1.165) is 35.0 Å². The molecule has 7 rings (SSSR count). The fraction of sp³-hybridized carbons (Fsp3) is 0.653. The number of halogens is 5. The molecule has 1 spiro atoms. The van der Waals surface area contributed by atoms with Crippen molar-refractivity contribution in [1.29, 1.82) is 0 Å². The lowest BCUT2D eigenvalue weighted by Gasteiger charge is -2.42. The summed E-state index contributed by atoms with van der Waals surface area (Å²) in [6.07, 6.45) is -2.06. The lowest BCUT2D eigenvalue weighted by molar-refractivity contribution is -0.156. The summed E-state index contributed by atoms with van der Waals surface area (Å²) >= 11 is 0. The third-order valence-corrected chi connectivity index (χ3v) is 21.8. The van der Waals surface area contributed by atoms with Crippen molar-refractivity contribution in [2.45, 2.75) is 210 Å². The first-order chi connectivity index (χ1) is 49.9. The lowest BCUT2D eigenvalue weighted by Crippen LogP contribution is -2.65. The number of hydrogen-bond acceptors (Lipinski definition) is 14. The van der Waals surface area contributed by atoms with Gasteiger partial charge in [0, 0.05) is 96.0 Å². The SMILES string of the molecule is CCO[C@@H]1C[C@H]2C(=O)NC3(CCCC3)C(=O)N(C)[C@@H](C3CCCC3)C(=O)N(C)[C@H](C(=O)N(C)C)CC(=O)N(C)[C@@H]([C@@H](C)OC)C(=O)N[C@@H]([C@@H](C)CC)C(=O)N(C)CC(=O)N(C)[C@H]3C/C=C\CCN(C3=O)[C@@H](Cc3ccc(C)cc3)C(=O)N(C)CC(=O)N[C@@H](CCc3cc(F)c(C(F)(F)F)c(F)c3)C(=O)N2C1. The van der Waals surface area contributed by atoms with Crippen molar-refractivity contribution >= 4 is 70.9 Å². The van der Waals surface area contributed by atoms with E-state index in [4.69, 9.17) is 9.47 Å². The van der Waals surface area contributed by atoms with Gasteiger partial charge in [0.25, 0.3) is 0 Å². The normalized spacial score (nSPS) is 26.6. The zero-order valence-corrected chi connectivity index (χ0v) is 63.5. The minimum absolute atomic E-state index is 0.0459. The van der Waals surface area contributed by atoms with Crippen molar-refractivity contribution in [2.24, 2.45) is 11.8 Å². The summed E-state index contributed by atoms with van der Waals surface area (Å²) < 4.78 is 83.8. The highest BCUT2D eigenvalue weighted by Gasteiger charge is 2.53. The van der Waals surface area contributed by atoms with Crippen LogP contribution in [0.4, 0.5) is 22.0 Å². The highest BCUT2D eigenvalue weighted by atomic mass is 19.4. The predicted octanol–water partition coefficient (Wildman–Crippen LogP) is 4.41. The largest absolute Gasteiger partial charge is 0.422 e. The van der Waals surface area contributed by atoms with Crippen LogP contribution in [0.25, 0.3) is 0 Å². The number of carbonyl (C=O) groups excluding carboxylic acids is 12. The fourth-order valence-electron chi connectivity index (χ4n) is 15.3. The summed E-state index contributed by atoms with van der Waals surface area (Å²) in [5.41, 5.74) is -2.73. The molecule has 11 atom stereocenters. The van der Waals surface area contributed by atoms with Crippen LogP contribution in [0.1, 0.15) is 140 Å². The number of likely N-dealkylation sites (N-methyl/N-ethyl adjacent to an activating group) is 7. The number of ether oxygens (including phenoxy) is 2. The second-order valence-corrected chi connectivity index (χ2v) is 29.4. The minimum Gasteiger partial charge on any atom is -0.379 e. The van der Waals surface area contributed by atoms with Crippen molar-refractivity contribution < 1.29 is 89.0 Å². The molecule has 2 saturated carbocycles. The van der Waals surface area contributed by atoms with Crippen LogP contribution < -0.4 is 16.0 Å². The van der Waals surface area contributed by atoms with Crippen LogP contribution in [-0.4, -0.2) is 277 Å². The van der Waals surface area contributed by atoms with Gasteiger partial charge in [0.1, 0.15) is 71.1 Å². The molecule has 0 aromatic heterocycles. The average molecular weight is 1500 g/mol. The molecule has 3 aliphatic heterocycles. The molecular formula is C75H107F5N12O14. The molecule has 4 fully saturated rings. The summed E-state index contributed by atoms with van der Waals surface area (Å²) in [5.74, 6) is -14.3. The van der Waals surface area contributed by atoms with E-state index in [0.29, 0.717) is 62.6 Å². The van der Waals surface area contributed by atoms with E-state index in [1.54, 1.807) is 57.2 Å². The number of benzene rings is 2. The molecule has 2 bridgehead atoms. The Kier molecular flexibility index (Phi) is 29.4. The van der Waals surface area contributed by atoms with Gasteiger partial charge in [0.15, 0.2) is 0 Å². The molecule has 586 valence electrons. The second-order valence-electron chi connectivity index (χ2n) is 29.4. The highest BCUT2D eigenvalue weighted by Crippen LogP contribution is 2.38. The number of nitrogens with zero attached hydrogens (tertiary/aromatic N) is 9. The van der Waals surface area contributed by atoms with Crippen molar-refractivity contribution in [3.8, 4) is 0 Å². The molecule has 26 nitrogen and oxygen atoms in total. The number of rotatable bonds is 13. The van der Waals surface area contributed by atoms with Gasteiger partial charge >= 0.3 is 6.18 Å². The van der Waals surface area contributed by atoms with Crippen LogP contribution in [0.15, 0.2) is 48.6 Å². The van der Waals surface area contributed by atoms with E-state index in [1.165, 1.54) is 85.1 Å². The van der Waals surface area contributed by atoms with Crippen molar-refractivity contribution in [1.82, 2.24) is 60.0 Å². The van der Waals surface area contributed by atoms with Crippen molar-refractivity contribution in [3.05, 3.63) is 82.4 Å². The summed E-state index contributed by atoms with van der Waals surface area (Å²) in [6.45, 7) is 6.86. The Bertz CT molecular complexity index is 3550. The smallest absolute Gasteiger partial charge is 0.379 e. The number of alkyl halides is 3. The van der Waals surface area contributed by atoms with Crippen LogP contribution in [-0.2, 0) is 86.0 Å². The van der Waals surface area contributed by atoms with E-state index in [-0.39, 0.29) is 63.8 Å². The zero-order valence-electron chi connectivity index (χ0n) is 63.5. The van der Waals surface area contributed by atoms with E-state index in [1.807, 2.05) is 6.92 Å². The Morgan fingerprint density at radius 2 is 1.33 bits per heavy atom. The third-order valence-electron chi connectivity index (χ3n) is 21.8. The molecule has 5 aliphatic rings. The monoisotopic (exact) mass is 1490 g/mol. The number of methoxy groups -OCH3 is 1. The highest BCUT2D eigenvalue weighted by molar-refractivity contribution is 6.01. The van der Waals surface area contributed by atoms with Crippen molar-refractivity contribution in [3.63, 3.8) is 0 Å². The average Bonchev–Trinajstić information content (AvgIpc) is 1.52. The Balaban J connectivity index is 1.35. The summed E-state index contributed by atoms with van der Waals surface area (Å²) in [4.78, 5) is 192. The van der Waals surface area contributed by atoms with Gasteiger partial charge in [0.05, 0.1) is 31.7 Å². The molecule has 3 N–H and O–H groups in total. The molecule has 31 heteroatoms. The van der Waals surface area contributed by atoms with Gasteiger partial charge in [-0.3, -0.25) is 57.5 Å². The minimum atomic E-state index is -5.42. The molecule has 0 unspecified atom stereocenters. The maximum absolute atomic E-state index is 15.7. The molecule has 2 aromatic rings. The van der Waals surface area contributed by atoms with Gasteiger partial charge in [-0.25, -0.2) is 8.78 Å². The second kappa shape index (κ2) is 36.8. The Morgan fingerprint density at radius 3 is 1.92 bits per heavy atom. The predicted molar refractivity (Wildman–Crippen MR) is 380 cm³/mol. The number of hydrogen-bond donors (Lipinski definition) is 3. The first kappa shape index (κ1) is 84.6. The molecular weight excluding hydrogens is 1390 g/mol. The Morgan fingerprint density at radius 1 is 0.708 bits per heavy atom. The van der Waals surface area contributed by atoms with Crippen molar-refractivity contribution in [2.75, 3.05) is 96.3 Å². The molecule has 0 radical (unpaired) electrons. The molecule has 2 aliphatic carbocycles. The van der Waals surface area contributed by atoms with Gasteiger partial charge in [-0.2, -0.15) is 13.2 Å². The Labute approximate surface area is 617 Å². The van der Waals surface area contributed by atoms with Crippen LogP contribution in [0.5, 0.6) is 0 Å². The van der Waals surface area contributed by atoms with E-state index >= 15 is 37.5 Å². The van der Waals surface area contributed by atoms with Crippen LogP contribution >= 0.6 is 0 Å². The van der Waals surface area contributed by atoms with Crippen LogP contribution in [0.3, 0.4) is 0 Å². The summed E-state index contributed by atoms with van der Waals surface area (Å²) in [5, 5.41) is 8.44. The van der Waals surface area contributed by atoms with Crippen LogP contribution in [0, 0.1) is 30.4 Å². The first-order valence-electron chi connectivity index (χ1n) is 36.6. The Hall–Kier alpha value is -8.61. The zero-order chi connectivity index (χ0) is 78.6. The van der Waals surface area contributed by atoms with E-state index in [2.05, 4.69) is 16.0 Å². The van der Waals surface area contributed by atoms with Gasteiger partial charge in [0.2, 0.25) is 70.9 Å². The van der Waals surface area contributed by atoms with Crippen LogP contribution in [0.2, 0.25) is 0 Å². The molecule has 2 saturated heterocycles. The molecule has 106 heavy (non-hydrogen) atoms. The summed E-state index contributed by atoms with van der Waals surface area (Å²) in [7, 11) is 12.3. The molecule has 12 amide bonds. The number of amides is 12. The molecule has 3 heterocycles. The molecule has 2 aromatic carbocycles. The lowest BCUT2D eigenvalue weighted by atomic mass is 9.90. The standard InChI is InChI=1S/C75H107F5N12O14/c1-15-45(4)62-71(102)86(9)43-60(95)87(10)54-26-18-17-23-35-91(70(54)101)57(38-47-29-27-44(3)28-30-47)69(100)85(8)42-58(93)81-53(32-31-48-36-51(76)61(52(77)37-48)75(78,79)80)67(98)92-41-50(106-16-2)39-55(92)65(96)83-74(33-21-22-34-74)73(104)90(13)64(49-24-19-20-25-49)72(103)88(11)56(68(99)84(6)7)40-59(94)89(12)63(46(5)105-14)66(97)82-62/h17-18,27-30,36-37,45-46,49-50,53-57,62-64H,15-16,19-26,31-35,38-43H2,1-14H3,(H,81,93)(H,82,97)(H,83,96)/b18-17-/t45-,46+,50+,53-,54-,55-,56-,57-,62-,63-,64-/m0/s1. The summed E-state index contributed by atoms with van der Waals surface area (Å²) in [6, 6.07) is -3.41. The topological polar surface area (TPSA) is 289 Å². The third kappa shape index (κ3) is 20.0. The number of carbonyl (C=O) groups is 12. The number of nitrogens with one attached hydrogen (secondary N) is 3. The van der Waals surface area contributed by atoms with Gasteiger partial charge in [-0.1, -0.05) is 87.9 Å². The fourth-order valence-corrected chi connectivity index (χ4v) is 15.3. The van der Waals surface area contributed by atoms with Gasteiger partial charge in [-0.15, -0.1) is 0 Å². The maximum Gasteiger partial charge on any atom is 0.422 e. The number of fused-ring (bicyclic) bond motifs is 3. The quantitative estimate of drug-likeness (QED) is 0.185. The van der Waals surface area contributed by atoms with E-state index in [9.17, 15) is 41.9 Å².